The van der Waals surface area contributed by atoms with Crippen LogP contribution in [-0.2, 0) is 14.6 Å². The third kappa shape index (κ3) is 4.48. The van der Waals surface area contributed by atoms with Crippen LogP contribution in [0.3, 0.4) is 0 Å². The van der Waals surface area contributed by atoms with Crippen LogP contribution >= 0.6 is 38.5 Å². The second kappa shape index (κ2) is 6.84. The standard InChI is InChI=1S/C13H10BrIN2O3S/c14-9-5-6-13(16-7-9)21(19,20)8-12(18)17-11-4-2-1-3-10(11)15/h1-7H,8H2,(H,17,18). The molecule has 1 N–H and O–H groups in total. The summed E-state index contributed by atoms with van der Waals surface area (Å²) < 4.78 is 25.7. The molecule has 2 rings (SSSR count). The van der Waals surface area contributed by atoms with Crippen LogP contribution in [0.15, 0.2) is 52.1 Å². The smallest absolute Gasteiger partial charge is 0.240 e. The topological polar surface area (TPSA) is 76.1 Å². The summed E-state index contributed by atoms with van der Waals surface area (Å²) >= 11 is 5.24. The van der Waals surface area contributed by atoms with Gasteiger partial charge in [-0.2, -0.15) is 0 Å². The summed E-state index contributed by atoms with van der Waals surface area (Å²) in [7, 11) is -3.76. The molecule has 1 amide bonds. The average Bonchev–Trinajstić information content (AvgIpc) is 2.41. The fraction of sp³-hybridized carbons (Fsp3) is 0.0769. The second-order valence-electron chi connectivity index (χ2n) is 4.10. The van der Waals surface area contributed by atoms with Crippen LogP contribution < -0.4 is 5.32 Å². The summed E-state index contributed by atoms with van der Waals surface area (Å²) in [5.41, 5.74) is 0.585. The van der Waals surface area contributed by atoms with Crippen LogP contribution in [0.1, 0.15) is 0 Å². The maximum Gasteiger partial charge on any atom is 0.240 e. The number of nitrogens with one attached hydrogen (secondary N) is 1. The number of carbonyl (C=O) groups excluding carboxylic acids is 1. The van der Waals surface area contributed by atoms with E-state index in [0.717, 1.165) is 3.57 Å². The molecule has 0 saturated carbocycles. The molecule has 21 heavy (non-hydrogen) atoms. The Hall–Kier alpha value is -1.000. The number of hydrogen-bond donors (Lipinski definition) is 1. The van der Waals surface area contributed by atoms with E-state index in [1.165, 1.54) is 12.3 Å². The monoisotopic (exact) mass is 480 g/mol. The number of hydrogen-bond acceptors (Lipinski definition) is 4. The third-order valence-corrected chi connectivity index (χ3v) is 5.42. The van der Waals surface area contributed by atoms with E-state index in [9.17, 15) is 13.2 Å². The van der Waals surface area contributed by atoms with E-state index in [0.29, 0.717) is 10.2 Å². The van der Waals surface area contributed by atoms with Gasteiger partial charge in [0.1, 0.15) is 5.75 Å². The number of anilines is 1. The van der Waals surface area contributed by atoms with Gasteiger partial charge in [0.25, 0.3) is 0 Å². The van der Waals surface area contributed by atoms with Crippen LogP contribution in [0, 0.1) is 3.57 Å². The summed E-state index contributed by atoms with van der Waals surface area (Å²) in [5, 5.41) is 2.46. The van der Waals surface area contributed by atoms with Crippen molar-refractivity contribution in [1.29, 1.82) is 0 Å². The van der Waals surface area contributed by atoms with E-state index in [1.54, 1.807) is 18.2 Å². The summed E-state index contributed by atoms with van der Waals surface area (Å²) in [6.45, 7) is 0. The number of halogens is 2. The van der Waals surface area contributed by atoms with Crippen LogP contribution in [0.4, 0.5) is 5.69 Å². The Balaban J connectivity index is 2.12. The first-order valence-electron chi connectivity index (χ1n) is 5.77. The minimum atomic E-state index is -3.76. The molecule has 0 fully saturated rings. The normalized spacial score (nSPS) is 11.1. The van der Waals surface area contributed by atoms with Crippen molar-refractivity contribution in [3.05, 3.63) is 50.6 Å². The van der Waals surface area contributed by atoms with Gasteiger partial charge in [-0.25, -0.2) is 13.4 Å². The zero-order valence-electron chi connectivity index (χ0n) is 10.6. The number of benzene rings is 1. The molecule has 1 heterocycles. The van der Waals surface area contributed by atoms with Gasteiger partial charge in [0.15, 0.2) is 5.03 Å². The molecular formula is C13H10BrIN2O3S. The summed E-state index contributed by atoms with van der Waals surface area (Å²) in [5.74, 6) is -1.24. The highest BCUT2D eigenvalue weighted by atomic mass is 127. The number of amides is 1. The Morgan fingerprint density at radius 1 is 1.24 bits per heavy atom. The van der Waals surface area contributed by atoms with Crippen LogP contribution in [0.25, 0.3) is 0 Å². The molecular weight excluding hydrogens is 471 g/mol. The number of aromatic nitrogens is 1. The molecule has 0 aliphatic carbocycles. The zero-order chi connectivity index (χ0) is 15.5. The summed E-state index contributed by atoms with van der Waals surface area (Å²) in [6.07, 6.45) is 1.38. The maximum absolute atomic E-state index is 12.1. The highest BCUT2D eigenvalue weighted by Gasteiger charge is 2.21. The molecule has 0 atom stereocenters. The lowest BCUT2D eigenvalue weighted by atomic mass is 10.3. The largest absolute Gasteiger partial charge is 0.324 e. The Labute approximate surface area is 144 Å². The van der Waals surface area contributed by atoms with E-state index >= 15 is 0 Å². The van der Waals surface area contributed by atoms with Crippen molar-refractivity contribution in [2.24, 2.45) is 0 Å². The molecule has 110 valence electrons. The van der Waals surface area contributed by atoms with Gasteiger partial charge < -0.3 is 5.32 Å². The SMILES string of the molecule is O=C(CS(=O)(=O)c1ccc(Br)cn1)Nc1ccccc1I. The first kappa shape index (κ1) is 16.4. The number of pyridine rings is 1. The molecule has 0 unspecified atom stereocenters. The number of sulfone groups is 1. The number of rotatable bonds is 4. The molecule has 5 nitrogen and oxygen atoms in total. The van der Waals surface area contributed by atoms with Crippen molar-refractivity contribution >= 4 is 60.0 Å². The predicted octanol–water partition coefficient (Wildman–Crippen LogP) is 2.86. The number of carbonyl (C=O) groups is 1. The van der Waals surface area contributed by atoms with Gasteiger partial charge in [-0.05, 0) is 62.8 Å². The van der Waals surface area contributed by atoms with Crippen molar-refractivity contribution in [2.75, 3.05) is 11.1 Å². The molecule has 1 aromatic heterocycles. The third-order valence-electron chi connectivity index (χ3n) is 2.49. The lowest BCUT2D eigenvalue weighted by molar-refractivity contribution is -0.113. The first-order chi connectivity index (χ1) is 9.88. The Kier molecular flexibility index (Phi) is 5.33. The minimum Gasteiger partial charge on any atom is -0.324 e. The lowest BCUT2D eigenvalue weighted by Gasteiger charge is -2.07. The summed E-state index contributed by atoms with van der Waals surface area (Å²) in [6, 6.07) is 10.1. The van der Waals surface area contributed by atoms with E-state index < -0.39 is 21.5 Å². The Morgan fingerprint density at radius 3 is 2.57 bits per heavy atom. The fourth-order valence-electron chi connectivity index (χ4n) is 1.54. The van der Waals surface area contributed by atoms with Gasteiger partial charge in [0.05, 0.1) is 5.69 Å². The molecule has 0 spiro atoms. The second-order valence-corrected chi connectivity index (χ2v) is 8.12. The van der Waals surface area contributed by atoms with Crippen LogP contribution in [0.5, 0.6) is 0 Å². The molecule has 8 heteroatoms. The van der Waals surface area contributed by atoms with Crippen molar-refractivity contribution < 1.29 is 13.2 Å². The number of para-hydroxylation sites is 1. The molecule has 0 aliphatic heterocycles. The summed E-state index contributed by atoms with van der Waals surface area (Å²) in [4.78, 5) is 15.7. The minimum absolute atomic E-state index is 0.122. The lowest BCUT2D eigenvalue weighted by Crippen LogP contribution is -2.23. The van der Waals surface area contributed by atoms with Gasteiger partial charge in [-0.15, -0.1) is 0 Å². The Bertz CT molecular complexity index is 763. The van der Waals surface area contributed by atoms with Crippen molar-refractivity contribution in [3.63, 3.8) is 0 Å². The quantitative estimate of drug-likeness (QED) is 0.682. The predicted molar refractivity (Wildman–Crippen MR) is 91.8 cm³/mol. The van der Waals surface area contributed by atoms with Gasteiger partial charge in [0, 0.05) is 14.2 Å². The van der Waals surface area contributed by atoms with E-state index in [-0.39, 0.29) is 5.03 Å². The van der Waals surface area contributed by atoms with Crippen molar-refractivity contribution in [1.82, 2.24) is 4.98 Å². The van der Waals surface area contributed by atoms with Crippen LogP contribution in [-0.4, -0.2) is 25.1 Å². The zero-order valence-corrected chi connectivity index (χ0v) is 15.1. The fourth-order valence-corrected chi connectivity index (χ4v) is 3.35. The van der Waals surface area contributed by atoms with Gasteiger partial charge >= 0.3 is 0 Å². The van der Waals surface area contributed by atoms with E-state index in [4.69, 9.17) is 0 Å². The highest BCUT2D eigenvalue weighted by Crippen LogP contribution is 2.18. The van der Waals surface area contributed by atoms with Crippen LogP contribution in [0.2, 0.25) is 0 Å². The van der Waals surface area contributed by atoms with Gasteiger partial charge in [-0.3, -0.25) is 4.79 Å². The number of nitrogens with zero attached hydrogens (tertiary/aromatic N) is 1. The molecule has 0 aliphatic rings. The van der Waals surface area contributed by atoms with Crippen molar-refractivity contribution in [2.45, 2.75) is 5.03 Å². The Morgan fingerprint density at radius 2 is 1.95 bits per heavy atom. The van der Waals surface area contributed by atoms with Gasteiger partial charge in [-0.1, -0.05) is 12.1 Å². The highest BCUT2D eigenvalue weighted by molar-refractivity contribution is 14.1. The molecule has 0 saturated heterocycles. The maximum atomic E-state index is 12.1. The molecule has 0 bridgehead atoms. The van der Waals surface area contributed by atoms with Crippen molar-refractivity contribution in [3.8, 4) is 0 Å². The first-order valence-corrected chi connectivity index (χ1v) is 9.29. The molecule has 0 radical (unpaired) electrons. The molecule has 1 aromatic carbocycles. The van der Waals surface area contributed by atoms with E-state index in [1.807, 2.05) is 12.1 Å². The molecule has 2 aromatic rings. The van der Waals surface area contributed by atoms with Gasteiger partial charge in [0.2, 0.25) is 15.7 Å². The van der Waals surface area contributed by atoms with E-state index in [2.05, 4.69) is 48.8 Å². The average molecular weight is 481 g/mol.